The molecule has 0 aliphatic carbocycles. The van der Waals surface area contributed by atoms with E-state index in [2.05, 4.69) is 4.98 Å². The Morgan fingerprint density at radius 3 is 2.63 bits per heavy atom. The first kappa shape index (κ1) is 16.5. The lowest BCUT2D eigenvalue weighted by Crippen LogP contribution is -2.51. The Bertz CT molecular complexity index is 1050. The van der Waals surface area contributed by atoms with Gasteiger partial charge in [-0.3, -0.25) is 9.59 Å². The van der Waals surface area contributed by atoms with Gasteiger partial charge in [0, 0.05) is 40.2 Å². The van der Waals surface area contributed by atoms with Gasteiger partial charge in [0.1, 0.15) is 5.69 Å². The summed E-state index contributed by atoms with van der Waals surface area (Å²) in [5.74, 6) is -0.243. The number of hydrogen-bond donors (Lipinski definition) is 0. The van der Waals surface area contributed by atoms with Crippen LogP contribution in [0.3, 0.4) is 0 Å². The summed E-state index contributed by atoms with van der Waals surface area (Å²) in [5, 5.41) is 2.35. The van der Waals surface area contributed by atoms with E-state index in [1.54, 1.807) is 32.8 Å². The molecule has 1 unspecified atom stereocenters. The molecule has 1 fully saturated rings. The van der Waals surface area contributed by atoms with Gasteiger partial charge in [0.05, 0.1) is 5.51 Å². The lowest BCUT2D eigenvalue weighted by molar-refractivity contribution is 0.0372. The third kappa shape index (κ3) is 2.14. The highest BCUT2D eigenvalue weighted by atomic mass is 35.5. The number of thiazole rings is 1. The van der Waals surface area contributed by atoms with E-state index in [0.717, 1.165) is 11.1 Å². The van der Waals surface area contributed by atoms with Crippen LogP contribution in [-0.2, 0) is 5.66 Å². The van der Waals surface area contributed by atoms with Gasteiger partial charge in [0.15, 0.2) is 5.66 Å². The van der Waals surface area contributed by atoms with Crippen LogP contribution in [0.2, 0.25) is 5.02 Å². The number of halogens is 1. The molecule has 134 valence electrons. The first-order valence-corrected chi connectivity index (χ1v) is 9.84. The molecule has 0 bridgehead atoms. The fraction of sp³-hybridized carbons (Fsp3) is 0.150. The Balaban J connectivity index is 1.78. The second-order valence-corrected chi connectivity index (χ2v) is 7.67. The third-order valence-corrected chi connectivity index (χ3v) is 6.09. The number of hydrogen-bond acceptors (Lipinski definition) is 4. The molecular formula is C20H14ClN3O2S. The lowest BCUT2D eigenvalue weighted by Gasteiger charge is -2.40. The summed E-state index contributed by atoms with van der Waals surface area (Å²) >= 11 is 7.48. The summed E-state index contributed by atoms with van der Waals surface area (Å²) in [7, 11) is 0. The monoisotopic (exact) mass is 395 g/mol. The van der Waals surface area contributed by atoms with Crippen molar-refractivity contribution in [3.05, 3.63) is 86.8 Å². The normalized spacial score (nSPS) is 20.7. The molecule has 0 radical (unpaired) electrons. The minimum absolute atomic E-state index is 0.0610. The van der Waals surface area contributed by atoms with E-state index in [1.807, 2.05) is 36.4 Å². The SMILES string of the molecule is O=C(c1cscn1)N1CCN2C(=O)c3ccccc3C12c1ccc(Cl)cc1. The fourth-order valence-electron chi connectivity index (χ4n) is 4.18. The average Bonchev–Trinajstić information content (AvgIpc) is 3.40. The van der Waals surface area contributed by atoms with Crippen LogP contribution >= 0.6 is 22.9 Å². The van der Waals surface area contributed by atoms with Crippen molar-refractivity contribution in [2.24, 2.45) is 0 Å². The number of fused-ring (bicyclic) bond motifs is 3. The number of carbonyl (C=O) groups excluding carboxylic acids is 2. The number of rotatable bonds is 2. The Morgan fingerprint density at radius 1 is 1.11 bits per heavy atom. The summed E-state index contributed by atoms with van der Waals surface area (Å²) in [4.78, 5) is 34.2. The lowest BCUT2D eigenvalue weighted by atomic mass is 9.89. The molecule has 1 aromatic heterocycles. The van der Waals surface area contributed by atoms with Crippen LogP contribution in [-0.4, -0.2) is 39.7 Å². The van der Waals surface area contributed by atoms with Gasteiger partial charge in [-0.05, 0) is 18.2 Å². The quantitative estimate of drug-likeness (QED) is 0.666. The molecule has 5 nitrogen and oxygen atoms in total. The molecular weight excluding hydrogens is 382 g/mol. The molecule has 1 saturated heterocycles. The minimum Gasteiger partial charge on any atom is -0.306 e. The van der Waals surface area contributed by atoms with Crippen molar-refractivity contribution in [3.63, 3.8) is 0 Å². The Labute approximate surface area is 164 Å². The number of nitrogens with zero attached hydrogens (tertiary/aromatic N) is 3. The standard InChI is InChI=1S/C20H14ClN3O2S/c21-14-7-5-13(6-8-14)20-16-4-2-1-3-15(16)18(25)23(20)9-10-24(20)19(26)17-11-27-12-22-17/h1-8,11-12H,9-10H2. The van der Waals surface area contributed by atoms with E-state index in [0.29, 0.717) is 29.4 Å². The van der Waals surface area contributed by atoms with Gasteiger partial charge >= 0.3 is 0 Å². The molecule has 5 rings (SSSR count). The predicted molar refractivity (Wildman–Crippen MR) is 103 cm³/mol. The van der Waals surface area contributed by atoms with Crippen molar-refractivity contribution < 1.29 is 9.59 Å². The maximum Gasteiger partial charge on any atom is 0.275 e. The molecule has 2 aliphatic heterocycles. The third-order valence-electron chi connectivity index (χ3n) is 5.25. The highest BCUT2D eigenvalue weighted by Crippen LogP contribution is 2.50. The van der Waals surface area contributed by atoms with Crippen molar-refractivity contribution in [1.82, 2.24) is 14.8 Å². The van der Waals surface area contributed by atoms with E-state index in [-0.39, 0.29) is 11.8 Å². The Hall–Kier alpha value is -2.70. The van der Waals surface area contributed by atoms with Gasteiger partial charge in [0.2, 0.25) is 0 Å². The highest BCUT2D eigenvalue weighted by Gasteiger charge is 2.59. The fourth-order valence-corrected chi connectivity index (χ4v) is 4.83. The van der Waals surface area contributed by atoms with E-state index in [1.165, 1.54) is 11.3 Å². The summed E-state index contributed by atoms with van der Waals surface area (Å²) in [6.07, 6.45) is 0. The van der Waals surface area contributed by atoms with Gasteiger partial charge in [-0.25, -0.2) is 4.98 Å². The van der Waals surface area contributed by atoms with Crippen LogP contribution in [0.5, 0.6) is 0 Å². The zero-order valence-electron chi connectivity index (χ0n) is 14.1. The second-order valence-electron chi connectivity index (χ2n) is 6.51. The van der Waals surface area contributed by atoms with Gasteiger partial charge < -0.3 is 9.80 Å². The summed E-state index contributed by atoms with van der Waals surface area (Å²) in [6.45, 7) is 0.908. The number of carbonyl (C=O) groups is 2. The maximum atomic E-state index is 13.3. The molecule has 3 aromatic rings. The highest BCUT2D eigenvalue weighted by molar-refractivity contribution is 7.07. The summed E-state index contributed by atoms with van der Waals surface area (Å²) in [6, 6.07) is 14.8. The van der Waals surface area contributed by atoms with Crippen LogP contribution in [0.4, 0.5) is 0 Å². The number of benzene rings is 2. The van der Waals surface area contributed by atoms with Gasteiger partial charge in [-0.15, -0.1) is 11.3 Å². The molecule has 0 N–H and O–H groups in total. The molecule has 0 spiro atoms. The zero-order chi connectivity index (χ0) is 18.6. The van der Waals surface area contributed by atoms with Crippen LogP contribution in [0.25, 0.3) is 0 Å². The van der Waals surface area contributed by atoms with E-state index >= 15 is 0 Å². The summed E-state index contributed by atoms with van der Waals surface area (Å²) < 4.78 is 0. The van der Waals surface area contributed by atoms with Crippen molar-refractivity contribution in [1.29, 1.82) is 0 Å². The van der Waals surface area contributed by atoms with Gasteiger partial charge in [-0.2, -0.15) is 0 Å². The molecule has 3 heterocycles. The summed E-state index contributed by atoms with van der Waals surface area (Å²) in [5.41, 5.74) is 3.35. The maximum absolute atomic E-state index is 13.3. The largest absolute Gasteiger partial charge is 0.306 e. The van der Waals surface area contributed by atoms with Crippen LogP contribution in [0.1, 0.15) is 32.0 Å². The van der Waals surface area contributed by atoms with Crippen molar-refractivity contribution >= 4 is 34.8 Å². The molecule has 2 aromatic carbocycles. The number of aromatic nitrogens is 1. The molecule has 2 aliphatic rings. The van der Waals surface area contributed by atoms with E-state index in [4.69, 9.17) is 11.6 Å². The van der Waals surface area contributed by atoms with Crippen molar-refractivity contribution in [3.8, 4) is 0 Å². The minimum atomic E-state index is -0.973. The van der Waals surface area contributed by atoms with Crippen molar-refractivity contribution in [2.45, 2.75) is 5.66 Å². The van der Waals surface area contributed by atoms with Crippen molar-refractivity contribution in [2.75, 3.05) is 13.1 Å². The van der Waals surface area contributed by atoms with Gasteiger partial charge in [-0.1, -0.05) is 41.9 Å². The van der Waals surface area contributed by atoms with Crippen LogP contribution in [0, 0.1) is 0 Å². The Kier molecular flexibility index (Phi) is 3.60. The first-order chi connectivity index (χ1) is 13.1. The van der Waals surface area contributed by atoms with E-state index in [9.17, 15) is 9.59 Å². The number of amides is 2. The Morgan fingerprint density at radius 2 is 1.89 bits per heavy atom. The molecule has 7 heteroatoms. The van der Waals surface area contributed by atoms with Crippen LogP contribution < -0.4 is 0 Å². The molecule has 0 saturated carbocycles. The predicted octanol–water partition coefficient (Wildman–Crippen LogP) is 3.61. The molecule has 2 amide bonds. The zero-order valence-corrected chi connectivity index (χ0v) is 15.7. The molecule has 1 atom stereocenters. The smallest absolute Gasteiger partial charge is 0.275 e. The average molecular weight is 396 g/mol. The first-order valence-electron chi connectivity index (χ1n) is 8.51. The second kappa shape index (κ2) is 5.90. The van der Waals surface area contributed by atoms with Crippen LogP contribution in [0.15, 0.2) is 59.4 Å². The van der Waals surface area contributed by atoms with Gasteiger partial charge in [0.25, 0.3) is 11.8 Å². The molecule has 27 heavy (non-hydrogen) atoms. The van der Waals surface area contributed by atoms with E-state index < -0.39 is 5.66 Å². The topological polar surface area (TPSA) is 53.5 Å².